The van der Waals surface area contributed by atoms with Crippen LogP contribution >= 0.6 is 11.3 Å². The fourth-order valence-corrected chi connectivity index (χ4v) is 2.09. The van der Waals surface area contributed by atoms with E-state index in [2.05, 4.69) is 34.7 Å². The molecule has 0 saturated carbocycles. The van der Waals surface area contributed by atoms with Gasteiger partial charge in [0, 0.05) is 29.9 Å². The zero-order valence-corrected chi connectivity index (χ0v) is 9.50. The standard InChI is InChI=1S/C12H14N2S/c1-10(11-4-6-13-7-5-11)14-9-12-3-2-8-15-12/h2-8,10,14H,9H2,1H3/t10-/m1/s1. The minimum atomic E-state index is 0.370. The summed E-state index contributed by atoms with van der Waals surface area (Å²) in [5.74, 6) is 0. The van der Waals surface area contributed by atoms with E-state index in [-0.39, 0.29) is 0 Å². The summed E-state index contributed by atoms with van der Waals surface area (Å²) < 4.78 is 0. The summed E-state index contributed by atoms with van der Waals surface area (Å²) in [5.41, 5.74) is 1.28. The molecule has 15 heavy (non-hydrogen) atoms. The first-order valence-corrected chi connectivity index (χ1v) is 5.90. The Morgan fingerprint density at radius 1 is 1.33 bits per heavy atom. The molecular weight excluding hydrogens is 204 g/mol. The van der Waals surface area contributed by atoms with Crippen molar-refractivity contribution in [2.75, 3.05) is 0 Å². The van der Waals surface area contributed by atoms with Crippen molar-refractivity contribution in [3.63, 3.8) is 0 Å². The minimum absolute atomic E-state index is 0.370. The van der Waals surface area contributed by atoms with E-state index >= 15 is 0 Å². The van der Waals surface area contributed by atoms with Gasteiger partial charge in [-0.25, -0.2) is 0 Å². The van der Waals surface area contributed by atoms with Crippen LogP contribution in [0, 0.1) is 0 Å². The van der Waals surface area contributed by atoms with Crippen molar-refractivity contribution < 1.29 is 0 Å². The van der Waals surface area contributed by atoms with E-state index in [4.69, 9.17) is 0 Å². The van der Waals surface area contributed by atoms with Gasteiger partial charge in [-0.1, -0.05) is 6.07 Å². The first-order chi connectivity index (χ1) is 7.36. The largest absolute Gasteiger partial charge is 0.305 e. The molecule has 2 heterocycles. The summed E-state index contributed by atoms with van der Waals surface area (Å²) in [7, 11) is 0. The predicted octanol–water partition coefficient (Wildman–Crippen LogP) is 2.99. The molecule has 2 rings (SSSR count). The smallest absolute Gasteiger partial charge is 0.0305 e. The van der Waals surface area contributed by atoms with E-state index in [0.717, 1.165) is 6.54 Å². The Labute approximate surface area is 94.0 Å². The SMILES string of the molecule is C[C@@H](NCc1cccs1)c1ccncc1. The van der Waals surface area contributed by atoms with Gasteiger partial charge in [-0.2, -0.15) is 0 Å². The van der Waals surface area contributed by atoms with Crippen LogP contribution in [-0.2, 0) is 6.54 Å². The van der Waals surface area contributed by atoms with Crippen LogP contribution in [0.4, 0.5) is 0 Å². The lowest BCUT2D eigenvalue weighted by Gasteiger charge is -2.12. The molecular formula is C12H14N2S. The molecule has 3 heteroatoms. The average molecular weight is 218 g/mol. The van der Waals surface area contributed by atoms with Crippen LogP contribution < -0.4 is 5.32 Å². The summed E-state index contributed by atoms with van der Waals surface area (Å²) in [6.45, 7) is 3.10. The van der Waals surface area contributed by atoms with E-state index < -0.39 is 0 Å². The molecule has 0 saturated heterocycles. The molecule has 0 spiro atoms. The van der Waals surface area contributed by atoms with Gasteiger partial charge in [0.15, 0.2) is 0 Å². The molecule has 1 atom stereocenters. The Morgan fingerprint density at radius 3 is 2.80 bits per heavy atom. The van der Waals surface area contributed by atoms with Crippen molar-refractivity contribution in [2.45, 2.75) is 19.5 Å². The summed E-state index contributed by atoms with van der Waals surface area (Å²) in [6, 6.07) is 8.70. The van der Waals surface area contributed by atoms with E-state index in [1.165, 1.54) is 10.4 Å². The van der Waals surface area contributed by atoms with Gasteiger partial charge in [-0.15, -0.1) is 11.3 Å². The number of hydrogen-bond acceptors (Lipinski definition) is 3. The molecule has 0 aliphatic heterocycles. The highest BCUT2D eigenvalue weighted by atomic mass is 32.1. The van der Waals surface area contributed by atoms with E-state index in [1.54, 1.807) is 11.3 Å². The third-order valence-electron chi connectivity index (χ3n) is 2.37. The molecule has 2 aromatic rings. The van der Waals surface area contributed by atoms with Gasteiger partial charge < -0.3 is 5.32 Å². The van der Waals surface area contributed by atoms with Crippen molar-refractivity contribution in [1.82, 2.24) is 10.3 Å². The second-order valence-corrected chi connectivity index (χ2v) is 4.49. The maximum atomic E-state index is 4.01. The molecule has 1 N–H and O–H groups in total. The zero-order chi connectivity index (χ0) is 10.5. The summed E-state index contributed by atoms with van der Waals surface area (Å²) in [5, 5.41) is 5.59. The van der Waals surface area contributed by atoms with Gasteiger partial charge in [0.2, 0.25) is 0 Å². The maximum Gasteiger partial charge on any atom is 0.0305 e. The van der Waals surface area contributed by atoms with Crippen LogP contribution in [0.25, 0.3) is 0 Å². The lowest BCUT2D eigenvalue weighted by Crippen LogP contribution is -2.17. The highest BCUT2D eigenvalue weighted by Gasteiger charge is 2.03. The molecule has 0 unspecified atom stereocenters. The third-order valence-corrected chi connectivity index (χ3v) is 3.25. The summed E-state index contributed by atoms with van der Waals surface area (Å²) >= 11 is 1.79. The van der Waals surface area contributed by atoms with Gasteiger partial charge in [-0.05, 0) is 36.1 Å². The third kappa shape index (κ3) is 2.88. The Balaban J connectivity index is 1.90. The lowest BCUT2D eigenvalue weighted by atomic mass is 10.1. The van der Waals surface area contributed by atoms with E-state index in [1.807, 2.05) is 24.5 Å². The Kier molecular flexibility index (Phi) is 3.48. The first-order valence-electron chi connectivity index (χ1n) is 5.02. The topological polar surface area (TPSA) is 24.9 Å². The number of rotatable bonds is 4. The molecule has 0 radical (unpaired) electrons. The fourth-order valence-electron chi connectivity index (χ4n) is 1.44. The van der Waals surface area contributed by atoms with Crippen molar-refractivity contribution in [1.29, 1.82) is 0 Å². The van der Waals surface area contributed by atoms with Gasteiger partial charge in [0.25, 0.3) is 0 Å². The van der Waals surface area contributed by atoms with Crippen LogP contribution in [0.15, 0.2) is 42.0 Å². The van der Waals surface area contributed by atoms with Crippen molar-refractivity contribution in [3.05, 3.63) is 52.5 Å². The maximum absolute atomic E-state index is 4.01. The van der Waals surface area contributed by atoms with Gasteiger partial charge in [0.1, 0.15) is 0 Å². The second kappa shape index (κ2) is 5.05. The molecule has 0 aliphatic carbocycles. The normalized spacial score (nSPS) is 12.6. The number of thiophene rings is 1. The highest BCUT2D eigenvalue weighted by Crippen LogP contribution is 2.13. The van der Waals surface area contributed by atoms with Crippen molar-refractivity contribution in [3.8, 4) is 0 Å². The quantitative estimate of drug-likeness (QED) is 0.853. The molecule has 0 amide bonds. The lowest BCUT2D eigenvalue weighted by molar-refractivity contribution is 0.578. The minimum Gasteiger partial charge on any atom is -0.305 e. The van der Waals surface area contributed by atoms with Crippen LogP contribution in [0.1, 0.15) is 23.4 Å². The van der Waals surface area contributed by atoms with Crippen LogP contribution in [0.2, 0.25) is 0 Å². The Hall–Kier alpha value is -1.19. The second-order valence-electron chi connectivity index (χ2n) is 3.46. The Bertz CT molecular complexity index is 383. The number of nitrogens with one attached hydrogen (secondary N) is 1. The summed E-state index contributed by atoms with van der Waals surface area (Å²) in [6.07, 6.45) is 3.66. The highest BCUT2D eigenvalue weighted by molar-refractivity contribution is 7.09. The number of aromatic nitrogens is 1. The molecule has 0 bridgehead atoms. The van der Waals surface area contributed by atoms with Crippen LogP contribution in [0.5, 0.6) is 0 Å². The predicted molar refractivity (Wildman–Crippen MR) is 63.8 cm³/mol. The number of pyridine rings is 1. The zero-order valence-electron chi connectivity index (χ0n) is 8.68. The molecule has 2 aromatic heterocycles. The molecule has 0 aromatic carbocycles. The van der Waals surface area contributed by atoms with Gasteiger partial charge >= 0.3 is 0 Å². The molecule has 78 valence electrons. The molecule has 2 nitrogen and oxygen atoms in total. The van der Waals surface area contributed by atoms with Crippen molar-refractivity contribution in [2.24, 2.45) is 0 Å². The molecule has 0 aliphatic rings. The fraction of sp³-hybridized carbons (Fsp3) is 0.250. The molecule has 0 fully saturated rings. The van der Waals surface area contributed by atoms with E-state index in [0.29, 0.717) is 6.04 Å². The van der Waals surface area contributed by atoms with Gasteiger partial charge in [0.05, 0.1) is 0 Å². The summed E-state index contributed by atoms with van der Waals surface area (Å²) in [4.78, 5) is 5.38. The number of hydrogen-bond donors (Lipinski definition) is 1. The Morgan fingerprint density at radius 2 is 2.13 bits per heavy atom. The average Bonchev–Trinajstić information content (AvgIpc) is 2.80. The van der Waals surface area contributed by atoms with Crippen molar-refractivity contribution >= 4 is 11.3 Å². The van der Waals surface area contributed by atoms with Crippen LogP contribution in [0.3, 0.4) is 0 Å². The van der Waals surface area contributed by atoms with Crippen LogP contribution in [-0.4, -0.2) is 4.98 Å². The number of nitrogens with zero attached hydrogens (tertiary/aromatic N) is 1. The van der Waals surface area contributed by atoms with Gasteiger partial charge in [-0.3, -0.25) is 4.98 Å². The monoisotopic (exact) mass is 218 g/mol. The van der Waals surface area contributed by atoms with E-state index in [9.17, 15) is 0 Å². The first kappa shape index (κ1) is 10.3.